The van der Waals surface area contributed by atoms with Gasteiger partial charge in [0.2, 0.25) is 11.8 Å². The van der Waals surface area contributed by atoms with Crippen molar-refractivity contribution in [3.8, 4) is 5.75 Å². The highest BCUT2D eigenvalue weighted by molar-refractivity contribution is 6.31. The van der Waals surface area contributed by atoms with Crippen LogP contribution in [0.15, 0.2) is 18.2 Å². The molecule has 1 N–H and O–H groups in total. The van der Waals surface area contributed by atoms with E-state index in [2.05, 4.69) is 5.32 Å². The summed E-state index contributed by atoms with van der Waals surface area (Å²) in [5.74, 6) is 0.232. The SMILES string of the molecule is COc1ccc(Cl)cc1NC(=O)C1(C(=O)N2CCCC2)CC1. The Kier molecular flexibility index (Phi) is 4.00. The summed E-state index contributed by atoms with van der Waals surface area (Å²) in [6.45, 7) is 1.52. The molecule has 5 nitrogen and oxygen atoms in total. The van der Waals surface area contributed by atoms with E-state index in [-0.39, 0.29) is 11.8 Å². The highest BCUT2D eigenvalue weighted by Gasteiger charge is 2.58. The second-order valence-electron chi connectivity index (χ2n) is 5.88. The number of halogens is 1. The van der Waals surface area contributed by atoms with Gasteiger partial charge in [-0.3, -0.25) is 9.59 Å². The average molecular weight is 323 g/mol. The number of rotatable bonds is 4. The quantitative estimate of drug-likeness (QED) is 0.867. The molecule has 1 aromatic carbocycles. The number of hydrogen-bond acceptors (Lipinski definition) is 3. The van der Waals surface area contributed by atoms with E-state index in [4.69, 9.17) is 16.3 Å². The van der Waals surface area contributed by atoms with Gasteiger partial charge in [-0.2, -0.15) is 0 Å². The molecule has 0 atom stereocenters. The summed E-state index contributed by atoms with van der Waals surface area (Å²) in [4.78, 5) is 27.0. The molecule has 2 amide bonds. The van der Waals surface area contributed by atoms with Gasteiger partial charge in [0.25, 0.3) is 0 Å². The molecule has 1 saturated heterocycles. The predicted molar refractivity (Wildman–Crippen MR) is 84.1 cm³/mol. The average Bonchev–Trinajstić information content (AvgIpc) is 3.14. The van der Waals surface area contributed by atoms with E-state index in [1.807, 2.05) is 4.90 Å². The van der Waals surface area contributed by atoms with Crippen LogP contribution >= 0.6 is 11.6 Å². The number of anilines is 1. The van der Waals surface area contributed by atoms with Crippen LogP contribution in [0.3, 0.4) is 0 Å². The molecule has 2 aliphatic rings. The molecule has 22 heavy (non-hydrogen) atoms. The third kappa shape index (κ3) is 2.65. The highest BCUT2D eigenvalue weighted by atomic mass is 35.5. The van der Waals surface area contributed by atoms with Crippen LogP contribution in [0.2, 0.25) is 5.02 Å². The fourth-order valence-corrected chi connectivity index (χ4v) is 3.08. The topological polar surface area (TPSA) is 58.6 Å². The predicted octanol–water partition coefficient (Wildman–Crippen LogP) is 2.69. The minimum Gasteiger partial charge on any atom is -0.495 e. The smallest absolute Gasteiger partial charge is 0.240 e. The van der Waals surface area contributed by atoms with Crippen LogP contribution in [0.25, 0.3) is 0 Å². The van der Waals surface area contributed by atoms with Crippen LogP contribution in [0.1, 0.15) is 25.7 Å². The summed E-state index contributed by atoms with van der Waals surface area (Å²) in [5, 5.41) is 3.32. The number of likely N-dealkylation sites (tertiary alicyclic amines) is 1. The Balaban J connectivity index is 1.77. The third-order valence-corrected chi connectivity index (χ3v) is 4.63. The summed E-state index contributed by atoms with van der Waals surface area (Å²) < 4.78 is 5.23. The van der Waals surface area contributed by atoms with Crippen LogP contribution in [0.5, 0.6) is 5.75 Å². The van der Waals surface area contributed by atoms with Gasteiger partial charge in [-0.05, 0) is 43.9 Å². The van der Waals surface area contributed by atoms with Gasteiger partial charge in [0.15, 0.2) is 0 Å². The molecule has 1 aliphatic carbocycles. The lowest BCUT2D eigenvalue weighted by Gasteiger charge is -2.22. The van der Waals surface area contributed by atoms with Crippen molar-refractivity contribution in [1.82, 2.24) is 4.90 Å². The fraction of sp³-hybridized carbons (Fsp3) is 0.500. The number of nitrogens with one attached hydrogen (secondary N) is 1. The van der Waals surface area contributed by atoms with Crippen molar-refractivity contribution in [2.45, 2.75) is 25.7 Å². The van der Waals surface area contributed by atoms with Crippen LogP contribution in [-0.2, 0) is 9.59 Å². The summed E-state index contributed by atoms with van der Waals surface area (Å²) in [6, 6.07) is 5.02. The Bertz CT molecular complexity index is 607. The monoisotopic (exact) mass is 322 g/mol. The van der Waals surface area contributed by atoms with Crippen LogP contribution in [-0.4, -0.2) is 36.9 Å². The third-order valence-electron chi connectivity index (χ3n) is 4.40. The lowest BCUT2D eigenvalue weighted by Crippen LogP contribution is -2.41. The molecule has 0 radical (unpaired) electrons. The van der Waals surface area contributed by atoms with Gasteiger partial charge in [-0.25, -0.2) is 0 Å². The molecule has 1 saturated carbocycles. The van der Waals surface area contributed by atoms with E-state index in [0.29, 0.717) is 29.3 Å². The summed E-state index contributed by atoms with van der Waals surface area (Å²) in [6.07, 6.45) is 3.26. The van der Waals surface area contributed by atoms with Gasteiger partial charge in [0.1, 0.15) is 11.2 Å². The molecule has 1 heterocycles. The zero-order valence-corrected chi connectivity index (χ0v) is 13.3. The van der Waals surface area contributed by atoms with Crippen LogP contribution in [0, 0.1) is 5.41 Å². The number of carbonyl (C=O) groups excluding carboxylic acids is 2. The van der Waals surface area contributed by atoms with Crippen molar-refractivity contribution in [2.75, 3.05) is 25.5 Å². The van der Waals surface area contributed by atoms with E-state index in [0.717, 1.165) is 25.9 Å². The van der Waals surface area contributed by atoms with Crippen molar-refractivity contribution >= 4 is 29.1 Å². The van der Waals surface area contributed by atoms with E-state index in [9.17, 15) is 9.59 Å². The summed E-state index contributed by atoms with van der Waals surface area (Å²) in [7, 11) is 1.53. The molecular weight excluding hydrogens is 304 g/mol. The second kappa shape index (κ2) is 5.80. The zero-order valence-electron chi connectivity index (χ0n) is 12.5. The highest BCUT2D eigenvalue weighted by Crippen LogP contribution is 2.49. The molecular formula is C16H19ClN2O3. The minimum absolute atomic E-state index is 0.0384. The number of nitrogens with zero attached hydrogens (tertiary/aromatic N) is 1. The number of amides is 2. The van der Waals surface area contributed by atoms with E-state index in [1.165, 1.54) is 7.11 Å². The van der Waals surface area contributed by atoms with Gasteiger partial charge < -0.3 is 15.0 Å². The first-order valence-electron chi connectivity index (χ1n) is 7.51. The molecule has 0 spiro atoms. The van der Waals surface area contributed by atoms with Crippen LogP contribution in [0.4, 0.5) is 5.69 Å². The maximum atomic E-state index is 12.6. The number of hydrogen-bond donors (Lipinski definition) is 1. The van der Waals surface area contributed by atoms with E-state index >= 15 is 0 Å². The minimum atomic E-state index is -0.891. The van der Waals surface area contributed by atoms with Gasteiger partial charge in [-0.15, -0.1) is 0 Å². The Hall–Kier alpha value is -1.75. The second-order valence-corrected chi connectivity index (χ2v) is 6.32. The maximum absolute atomic E-state index is 12.6. The van der Waals surface area contributed by atoms with Crippen molar-refractivity contribution in [3.05, 3.63) is 23.2 Å². The number of ether oxygens (including phenoxy) is 1. The van der Waals surface area contributed by atoms with Crippen molar-refractivity contribution in [2.24, 2.45) is 5.41 Å². The van der Waals surface area contributed by atoms with Crippen LogP contribution < -0.4 is 10.1 Å². The lowest BCUT2D eigenvalue weighted by atomic mass is 10.0. The van der Waals surface area contributed by atoms with Crippen molar-refractivity contribution in [3.63, 3.8) is 0 Å². The molecule has 1 aliphatic heterocycles. The maximum Gasteiger partial charge on any atom is 0.240 e. The van der Waals surface area contributed by atoms with E-state index < -0.39 is 5.41 Å². The molecule has 1 aromatic rings. The number of methoxy groups -OCH3 is 1. The Morgan fingerprint density at radius 3 is 2.55 bits per heavy atom. The van der Waals surface area contributed by atoms with Gasteiger partial charge >= 0.3 is 0 Å². The number of benzene rings is 1. The van der Waals surface area contributed by atoms with E-state index in [1.54, 1.807) is 18.2 Å². The molecule has 0 aromatic heterocycles. The van der Waals surface area contributed by atoms with Crippen molar-refractivity contribution in [1.29, 1.82) is 0 Å². The van der Waals surface area contributed by atoms with Crippen molar-refractivity contribution < 1.29 is 14.3 Å². The molecule has 6 heteroatoms. The fourth-order valence-electron chi connectivity index (χ4n) is 2.91. The van der Waals surface area contributed by atoms with Gasteiger partial charge in [-0.1, -0.05) is 11.6 Å². The summed E-state index contributed by atoms with van der Waals surface area (Å²) >= 11 is 5.97. The lowest BCUT2D eigenvalue weighted by molar-refractivity contribution is -0.141. The molecule has 3 rings (SSSR count). The molecule has 118 valence electrons. The first-order chi connectivity index (χ1) is 10.6. The Morgan fingerprint density at radius 2 is 1.95 bits per heavy atom. The summed E-state index contributed by atoms with van der Waals surface area (Å²) in [5.41, 5.74) is -0.391. The first kappa shape index (κ1) is 15.2. The molecule has 0 bridgehead atoms. The normalized spacial score (nSPS) is 18.9. The Morgan fingerprint density at radius 1 is 1.27 bits per heavy atom. The zero-order chi connectivity index (χ0) is 15.7. The Labute approximate surface area is 134 Å². The standard InChI is InChI=1S/C16H19ClN2O3/c1-22-13-5-4-11(17)10-12(13)18-14(20)16(6-7-16)15(21)19-8-2-3-9-19/h4-5,10H,2-3,6-9H2,1H3,(H,18,20). The molecule has 2 fully saturated rings. The largest absolute Gasteiger partial charge is 0.495 e. The number of carbonyl (C=O) groups is 2. The van der Waals surface area contributed by atoms with Gasteiger partial charge in [0.05, 0.1) is 12.8 Å². The molecule has 0 unspecified atom stereocenters. The first-order valence-corrected chi connectivity index (χ1v) is 7.89. The van der Waals surface area contributed by atoms with Gasteiger partial charge in [0, 0.05) is 18.1 Å².